The lowest BCUT2D eigenvalue weighted by atomic mass is 9.87. The summed E-state index contributed by atoms with van der Waals surface area (Å²) in [5.74, 6) is 0.960. The molecule has 0 aliphatic carbocycles. The predicted molar refractivity (Wildman–Crippen MR) is 119 cm³/mol. The Hall–Kier alpha value is -2.74. The number of rotatable bonds is 8. The van der Waals surface area contributed by atoms with Crippen molar-refractivity contribution in [1.82, 2.24) is 10.2 Å². The first-order chi connectivity index (χ1) is 13.6. The van der Waals surface area contributed by atoms with Gasteiger partial charge in [-0.15, -0.1) is 0 Å². The van der Waals surface area contributed by atoms with Crippen LogP contribution in [0.25, 0.3) is 0 Å². The molecule has 156 valence electrons. The number of carbonyl (C=O) groups excluding carboxylic acids is 1. The topological polar surface area (TPSA) is 68.2 Å². The Morgan fingerprint density at radius 2 is 1.93 bits per heavy atom. The molecule has 0 aromatic heterocycles. The molecule has 1 aromatic carbocycles. The maximum Gasteiger partial charge on any atom is 0.155 e. The molecule has 0 radical (unpaired) electrons. The van der Waals surface area contributed by atoms with Crippen LogP contribution in [0.5, 0.6) is 0 Å². The number of carbonyl (C=O) groups is 1. The molecule has 29 heavy (non-hydrogen) atoms. The second-order valence-corrected chi connectivity index (χ2v) is 8.99. The maximum absolute atomic E-state index is 12.7. The van der Waals surface area contributed by atoms with E-state index in [4.69, 9.17) is 5.26 Å². The van der Waals surface area contributed by atoms with Gasteiger partial charge >= 0.3 is 0 Å². The van der Waals surface area contributed by atoms with Crippen molar-refractivity contribution in [3.8, 4) is 6.07 Å². The Labute approximate surface area is 175 Å². The Bertz CT molecular complexity index is 783. The number of piperidine rings is 1. The first-order valence-electron chi connectivity index (χ1n) is 10.3. The van der Waals surface area contributed by atoms with Crippen LogP contribution in [0.3, 0.4) is 0 Å². The van der Waals surface area contributed by atoms with Crippen LogP contribution in [-0.2, 0) is 4.79 Å². The standard InChI is InChI=1S/C24H34N4O/c1-7-23(29)22-14-21(12-13-28(22)17(2)15-24(4,5)6)27-18(3)26-20-10-8-19(16-25)9-11-20/h8-11,21-22,26-27H,2-3,7,12-15H2,1,4-6H3/t21?,22-/m1/s1. The third-order valence-corrected chi connectivity index (χ3v) is 5.15. The summed E-state index contributed by atoms with van der Waals surface area (Å²) in [5.41, 5.74) is 2.69. The highest BCUT2D eigenvalue weighted by Crippen LogP contribution is 2.30. The van der Waals surface area contributed by atoms with Crippen molar-refractivity contribution in [3.05, 3.63) is 54.5 Å². The zero-order valence-electron chi connectivity index (χ0n) is 18.2. The SMILES string of the molecule is C=C(Nc1ccc(C#N)cc1)NC1CCN(C(=C)CC(C)(C)C)[C@@H](C(=O)CC)C1. The molecule has 1 aliphatic rings. The average Bonchev–Trinajstić information content (AvgIpc) is 2.66. The van der Waals surface area contributed by atoms with Gasteiger partial charge in [0.25, 0.3) is 0 Å². The van der Waals surface area contributed by atoms with E-state index in [1.54, 1.807) is 12.1 Å². The third kappa shape index (κ3) is 6.67. The third-order valence-electron chi connectivity index (χ3n) is 5.15. The summed E-state index contributed by atoms with van der Waals surface area (Å²) in [6.45, 7) is 17.7. The second kappa shape index (κ2) is 9.65. The average molecular weight is 395 g/mol. The Morgan fingerprint density at radius 3 is 2.48 bits per heavy atom. The van der Waals surface area contributed by atoms with Gasteiger partial charge in [0.15, 0.2) is 5.78 Å². The molecule has 2 rings (SSSR count). The number of benzene rings is 1. The van der Waals surface area contributed by atoms with Gasteiger partial charge in [-0.25, -0.2) is 0 Å². The summed E-state index contributed by atoms with van der Waals surface area (Å²) in [4.78, 5) is 14.9. The molecular weight excluding hydrogens is 360 g/mol. The Morgan fingerprint density at radius 1 is 1.28 bits per heavy atom. The van der Waals surface area contributed by atoms with E-state index in [-0.39, 0.29) is 23.3 Å². The maximum atomic E-state index is 12.7. The highest BCUT2D eigenvalue weighted by molar-refractivity contribution is 5.84. The zero-order valence-corrected chi connectivity index (χ0v) is 18.2. The van der Waals surface area contributed by atoms with E-state index in [2.05, 4.69) is 55.5 Å². The van der Waals surface area contributed by atoms with Gasteiger partial charge in [0.2, 0.25) is 0 Å². The van der Waals surface area contributed by atoms with E-state index in [1.165, 1.54) is 0 Å². The Kier molecular flexibility index (Phi) is 7.50. The first kappa shape index (κ1) is 22.5. The van der Waals surface area contributed by atoms with Gasteiger partial charge in [0, 0.05) is 30.4 Å². The van der Waals surface area contributed by atoms with Crippen LogP contribution >= 0.6 is 0 Å². The molecule has 1 aromatic rings. The van der Waals surface area contributed by atoms with Gasteiger partial charge in [-0.05, 0) is 48.9 Å². The molecule has 1 fully saturated rings. The number of nitrogens with one attached hydrogen (secondary N) is 2. The fraction of sp³-hybridized carbons (Fsp3) is 0.500. The second-order valence-electron chi connectivity index (χ2n) is 8.99. The number of nitriles is 1. The number of allylic oxidation sites excluding steroid dienone is 1. The Balaban J connectivity index is 1.99. The number of hydrogen-bond donors (Lipinski definition) is 2. The molecule has 0 amide bonds. The van der Waals surface area contributed by atoms with E-state index in [0.717, 1.165) is 37.2 Å². The fourth-order valence-corrected chi connectivity index (χ4v) is 3.81. The number of hydrogen-bond acceptors (Lipinski definition) is 5. The molecule has 0 spiro atoms. The molecule has 2 atom stereocenters. The van der Waals surface area contributed by atoms with Crippen molar-refractivity contribution in [2.75, 3.05) is 11.9 Å². The van der Waals surface area contributed by atoms with Gasteiger partial charge in [-0.3, -0.25) is 4.79 Å². The van der Waals surface area contributed by atoms with Crippen molar-refractivity contribution in [1.29, 1.82) is 5.26 Å². The lowest BCUT2D eigenvalue weighted by Gasteiger charge is -2.43. The normalized spacial score (nSPS) is 19.2. The molecule has 5 heteroatoms. The van der Waals surface area contributed by atoms with Crippen LogP contribution in [0.15, 0.2) is 48.9 Å². The van der Waals surface area contributed by atoms with Crippen molar-refractivity contribution >= 4 is 11.5 Å². The van der Waals surface area contributed by atoms with Crippen LogP contribution < -0.4 is 10.6 Å². The fourth-order valence-electron chi connectivity index (χ4n) is 3.81. The summed E-state index contributed by atoms with van der Waals surface area (Å²) >= 11 is 0. The summed E-state index contributed by atoms with van der Waals surface area (Å²) in [6.07, 6.45) is 3.07. The predicted octanol–water partition coefficient (Wildman–Crippen LogP) is 4.79. The van der Waals surface area contributed by atoms with Crippen LogP contribution in [-0.4, -0.2) is 29.3 Å². The van der Waals surface area contributed by atoms with E-state index in [9.17, 15) is 4.79 Å². The van der Waals surface area contributed by atoms with Gasteiger partial charge in [0.05, 0.1) is 23.5 Å². The largest absolute Gasteiger partial charge is 0.369 e. The van der Waals surface area contributed by atoms with Gasteiger partial charge in [-0.2, -0.15) is 5.26 Å². The molecule has 1 saturated heterocycles. The minimum absolute atomic E-state index is 0.135. The molecule has 1 heterocycles. The highest BCUT2D eigenvalue weighted by Gasteiger charge is 2.34. The van der Waals surface area contributed by atoms with Crippen molar-refractivity contribution in [2.45, 2.75) is 65.5 Å². The lowest BCUT2D eigenvalue weighted by Crippen LogP contribution is -2.51. The van der Waals surface area contributed by atoms with E-state index in [0.29, 0.717) is 17.8 Å². The first-order valence-corrected chi connectivity index (χ1v) is 10.3. The number of ketones is 1. The molecule has 0 saturated carbocycles. The van der Waals surface area contributed by atoms with E-state index in [1.807, 2.05) is 19.1 Å². The smallest absolute Gasteiger partial charge is 0.155 e. The summed E-state index contributed by atoms with van der Waals surface area (Å²) in [5, 5.41) is 15.6. The summed E-state index contributed by atoms with van der Waals surface area (Å²) < 4.78 is 0. The molecule has 5 nitrogen and oxygen atoms in total. The van der Waals surface area contributed by atoms with Crippen molar-refractivity contribution in [2.24, 2.45) is 5.41 Å². The van der Waals surface area contributed by atoms with Crippen LogP contribution in [0.1, 0.15) is 58.9 Å². The molecule has 1 unspecified atom stereocenters. The van der Waals surface area contributed by atoms with Gasteiger partial charge in [-0.1, -0.05) is 40.9 Å². The summed E-state index contributed by atoms with van der Waals surface area (Å²) in [7, 11) is 0. The van der Waals surface area contributed by atoms with Crippen molar-refractivity contribution < 1.29 is 4.79 Å². The molecule has 2 N–H and O–H groups in total. The molecular formula is C24H34N4O. The van der Waals surface area contributed by atoms with E-state index < -0.39 is 0 Å². The minimum Gasteiger partial charge on any atom is -0.369 e. The number of Topliss-reactive ketones (excluding diaryl/α,β-unsaturated/α-hetero) is 1. The number of nitrogens with zero attached hydrogens (tertiary/aromatic N) is 2. The monoisotopic (exact) mass is 394 g/mol. The zero-order chi connectivity index (χ0) is 21.6. The molecule has 0 bridgehead atoms. The lowest BCUT2D eigenvalue weighted by molar-refractivity contribution is -0.124. The van der Waals surface area contributed by atoms with Gasteiger partial charge in [0.1, 0.15) is 0 Å². The van der Waals surface area contributed by atoms with Crippen LogP contribution in [0, 0.1) is 16.7 Å². The highest BCUT2D eigenvalue weighted by atomic mass is 16.1. The summed E-state index contributed by atoms with van der Waals surface area (Å²) in [6, 6.07) is 9.40. The number of anilines is 1. The van der Waals surface area contributed by atoms with Crippen molar-refractivity contribution in [3.63, 3.8) is 0 Å². The number of likely N-dealkylation sites (tertiary alicyclic amines) is 1. The van der Waals surface area contributed by atoms with E-state index >= 15 is 0 Å². The minimum atomic E-state index is -0.135. The molecule has 1 aliphatic heterocycles. The van der Waals surface area contributed by atoms with Gasteiger partial charge < -0.3 is 15.5 Å². The van der Waals surface area contributed by atoms with Crippen LogP contribution in [0.2, 0.25) is 0 Å². The van der Waals surface area contributed by atoms with Crippen LogP contribution in [0.4, 0.5) is 5.69 Å². The quantitative estimate of drug-likeness (QED) is 0.663.